The minimum atomic E-state index is -0.803. The molecule has 1 heterocycles. The molecule has 0 spiro atoms. The van der Waals surface area contributed by atoms with E-state index in [9.17, 15) is 9.59 Å². The number of hydrogen-bond acceptors (Lipinski definition) is 5. The SMILES string of the molecule is COC(=O)C(N)Cc1cc(=O)[nH]c(=S)[nH]1. The van der Waals surface area contributed by atoms with Crippen molar-refractivity contribution in [2.24, 2.45) is 5.73 Å². The summed E-state index contributed by atoms with van der Waals surface area (Å²) >= 11 is 4.77. The predicted molar refractivity (Wildman–Crippen MR) is 55.9 cm³/mol. The van der Waals surface area contributed by atoms with E-state index in [1.54, 1.807) is 0 Å². The van der Waals surface area contributed by atoms with Crippen LogP contribution in [0.3, 0.4) is 0 Å². The van der Waals surface area contributed by atoms with Crippen LogP contribution in [-0.4, -0.2) is 29.1 Å². The first kappa shape index (κ1) is 11.6. The molecule has 82 valence electrons. The van der Waals surface area contributed by atoms with Gasteiger partial charge in [0.15, 0.2) is 4.77 Å². The molecule has 1 atom stereocenters. The molecular weight excluding hydrogens is 218 g/mol. The number of esters is 1. The molecule has 1 rings (SSSR count). The summed E-state index contributed by atoms with van der Waals surface area (Å²) in [5.41, 5.74) is 5.69. The summed E-state index contributed by atoms with van der Waals surface area (Å²) in [6.07, 6.45) is 0.181. The Hall–Kier alpha value is -1.47. The van der Waals surface area contributed by atoms with Crippen LogP contribution in [0.15, 0.2) is 10.9 Å². The smallest absolute Gasteiger partial charge is 0.323 e. The van der Waals surface area contributed by atoms with Crippen molar-refractivity contribution in [3.8, 4) is 0 Å². The van der Waals surface area contributed by atoms with Gasteiger partial charge < -0.3 is 15.5 Å². The van der Waals surface area contributed by atoms with Crippen molar-refractivity contribution < 1.29 is 9.53 Å². The van der Waals surface area contributed by atoms with E-state index >= 15 is 0 Å². The van der Waals surface area contributed by atoms with Gasteiger partial charge in [0.2, 0.25) is 0 Å². The van der Waals surface area contributed by atoms with Crippen LogP contribution < -0.4 is 11.3 Å². The summed E-state index contributed by atoms with van der Waals surface area (Å²) in [7, 11) is 1.25. The Morgan fingerprint density at radius 3 is 2.87 bits per heavy atom. The van der Waals surface area contributed by atoms with Crippen molar-refractivity contribution in [3.05, 3.63) is 26.9 Å². The van der Waals surface area contributed by atoms with Crippen LogP contribution in [0.25, 0.3) is 0 Å². The number of ether oxygens (including phenoxy) is 1. The Morgan fingerprint density at radius 2 is 2.33 bits per heavy atom. The van der Waals surface area contributed by atoms with Crippen LogP contribution in [0, 0.1) is 4.77 Å². The third kappa shape index (κ3) is 3.30. The van der Waals surface area contributed by atoms with E-state index in [2.05, 4.69) is 14.7 Å². The second kappa shape index (κ2) is 4.85. The van der Waals surface area contributed by atoms with Gasteiger partial charge in [-0.2, -0.15) is 0 Å². The highest BCUT2D eigenvalue weighted by Crippen LogP contribution is 1.96. The molecule has 0 fully saturated rings. The highest BCUT2D eigenvalue weighted by molar-refractivity contribution is 7.71. The molecule has 1 unspecified atom stereocenters. The molecule has 0 aliphatic heterocycles. The normalized spacial score (nSPS) is 12.1. The summed E-state index contributed by atoms with van der Waals surface area (Å²) in [5, 5.41) is 0. The average molecular weight is 229 g/mol. The number of hydrogen-bond donors (Lipinski definition) is 3. The van der Waals surface area contributed by atoms with Crippen molar-refractivity contribution in [1.29, 1.82) is 0 Å². The lowest BCUT2D eigenvalue weighted by Gasteiger charge is -2.08. The van der Waals surface area contributed by atoms with E-state index in [1.165, 1.54) is 13.2 Å². The zero-order valence-corrected chi connectivity index (χ0v) is 8.89. The zero-order chi connectivity index (χ0) is 11.4. The zero-order valence-electron chi connectivity index (χ0n) is 8.07. The highest BCUT2D eigenvalue weighted by Gasteiger charge is 2.14. The highest BCUT2D eigenvalue weighted by atomic mass is 32.1. The van der Waals surface area contributed by atoms with Crippen molar-refractivity contribution in [2.45, 2.75) is 12.5 Å². The van der Waals surface area contributed by atoms with Crippen LogP contribution in [0.4, 0.5) is 0 Å². The summed E-state index contributed by atoms with van der Waals surface area (Å²) in [5.74, 6) is -0.533. The van der Waals surface area contributed by atoms with E-state index in [4.69, 9.17) is 18.0 Å². The summed E-state index contributed by atoms with van der Waals surface area (Å²) in [4.78, 5) is 27.1. The predicted octanol–water partition coefficient (Wildman–Crippen LogP) is -0.525. The van der Waals surface area contributed by atoms with Gasteiger partial charge in [0.25, 0.3) is 5.56 Å². The summed E-state index contributed by atoms with van der Waals surface area (Å²) in [6.45, 7) is 0. The fourth-order valence-electron chi connectivity index (χ4n) is 1.10. The molecular formula is C8H11N3O3S. The van der Waals surface area contributed by atoms with Crippen molar-refractivity contribution in [2.75, 3.05) is 7.11 Å². The second-order valence-electron chi connectivity index (χ2n) is 2.95. The molecule has 0 saturated heterocycles. The van der Waals surface area contributed by atoms with Gasteiger partial charge in [-0.05, 0) is 12.2 Å². The number of aromatic nitrogens is 2. The van der Waals surface area contributed by atoms with Gasteiger partial charge >= 0.3 is 5.97 Å². The monoisotopic (exact) mass is 229 g/mol. The number of methoxy groups -OCH3 is 1. The molecule has 0 amide bonds. The van der Waals surface area contributed by atoms with E-state index in [0.29, 0.717) is 5.69 Å². The van der Waals surface area contributed by atoms with Gasteiger partial charge in [0.05, 0.1) is 7.11 Å². The number of aromatic amines is 2. The van der Waals surface area contributed by atoms with Crippen molar-refractivity contribution in [3.63, 3.8) is 0 Å². The molecule has 0 radical (unpaired) electrons. The number of carbonyl (C=O) groups is 1. The number of nitrogens with two attached hydrogens (primary N) is 1. The molecule has 15 heavy (non-hydrogen) atoms. The minimum absolute atomic E-state index is 0.181. The maximum atomic E-state index is 11.0. The second-order valence-corrected chi connectivity index (χ2v) is 3.35. The molecule has 1 aromatic rings. The van der Waals surface area contributed by atoms with E-state index < -0.39 is 12.0 Å². The lowest BCUT2D eigenvalue weighted by atomic mass is 10.1. The first-order chi connectivity index (χ1) is 7.02. The van der Waals surface area contributed by atoms with Gasteiger partial charge in [-0.25, -0.2) is 0 Å². The lowest BCUT2D eigenvalue weighted by molar-refractivity contribution is -0.142. The third-order valence-electron chi connectivity index (χ3n) is 1.76. The largest absolute Gasteiger partial charge is 0.468 e. The molecule has 7 heteroatoms. The Morgan fingerprint density at radius 1 is 1.67 bits per heavy atom. The quantitative estimate of drug-likeness (QED) is 0.478. The van der Waals surface area contributed by atoms with Crippen LogP contribution in [0.2, 0.25) is 0 Å². The average Bonchev–Trinajstić information content (AvgIpc) is 2.14. The number of nitrogens with one attached hydrogen (secondary N) is 2. The Labute approximate surface area is 90.5 Å². The van der Waals surface area contributed by atoms with Gasteiger partial charge in [0.1, 0.15) is 6.04 Å². The van der Waals surface area contributed by atoms with E-state index in [0.717, 1.165) is 0 Å². The molecule has 0 aliphatic rings. The maximum Gasteiger partial charge on any atom is 0.323 e. The first-order valence-electron chi connectivity index (χ1n) is 4.19. The topological polar surface area (TPSA) is 101 Å². The number of carbonyl (C=O) groups excluding carboxylic acids is 1. The lowest BCUT2D eigenvalue weighted by Crippen LogP contribution is -2.34. The molecule has 4 N–H and O–H groups in total. The van der Waals surface area contributed by atoms with E-state index in [1.807, 2.05) is 0 Å². The summed E-state index contributed by atoms with van der Waals surface area (Å²) in [6, 6.07) is 0.501. The standard InChI is InChI=1S/C8H11N3O3S/c1-14-7(13)5(9)2-4-3-6(12)11-8(15)10-4/h3,5H,2,9H2,1H3,(H2,10,11,12,15). The van der Waals surface area contributed by atoms with Crippen LogP contribution >= 0.6 is 12.2 Å². The van der Waals surface area contributed by atoms with Crippen molar-refractivity contribution in [1.82, 2.24) is 9.97 Å². The summed E-state index contributed by atoms with van der Waals surface area (Å²) < 4.78 is 4.66. The fourth-order valence-corrected chi connectivity index (χ4v) is 1.33. The van der Waals surface area contributed by atoms with Crippen LogP contribution in [-0.2, 0) is 16.0 Å². The van der Waals surface area contributed by atoms with Crippen LogP contribution in [0.1, 0.15) is 5.69 Å². The van der Waals surface area contributed by atoms with Gasteiger partial charge in [-0.3, -0.25) is 14.6 Å². The van der Waals surface area contributed by atoms with Gasteiger partial charge in [-0.15, -0.1) is 0 Å². The molecule has 1 aromatic heterocycles. The van der Waals surface area contributed by atoms with E-state index in [-0.39, 0.29) is 16.8 Å². The van der Waals surface area contributed by atoms with Crippen LogP contribution in [0.5, 0.6) is 0 Å². The Kier molecular flexibility index (Phi) is 3.75. The number of H-pyrrole nitrogens is 2. The van der Waals surface area contributed by atoms with Gasteiger partial charge in [-0.1, -0.05) is 0 Å². The maximum absolute atomic E-state index is 11.0. The molecule has 0 aliphatic carbocycles. The molecule has 0 aromatic carbocycles. The molecule has 0 saturated carbocycles. The fraction of sp³-hybridized carbons (Fsp3) is 0.375. The first-order valence-corrected chi connectivity index (χ1v) is 4.59. The minimum Gasteiger partial charge on any atom is -0.468 e. The third-order valence-corrected chi connectivity index (χ3v) is 1.96. The molecule has 6 nitrogen and oxygen atoms in total. The number of rotatable bonds is 3. The Bertz CT molecular complexity index is 436. The van der Waals surface area contributed by atoms with Gasteiger partial charge in [0, 0.05) is 18.2 Å². The molecule has 0 bridgehead atoms. The van der Waals surface area contributed by atoms with Crippen molar-refractivity contribution >= 4 is 18.2 Å². The Balaban J connectivity index is 2.85.